The molecule has 0 saturated heterocycles. The van der Waals surface area contributed by atoms with Gasteiger partial charge in [0.05, 0.1) is 11.0 Å². The van der Waals surface area contributed by atoms with Gasteiger partial charge in [0.15, 0.2) is 0 Å². The van der Waals surface area contributed by atoms with Crippen LogP contribution in [0.4, 0.5) is 5.69 Å². The number of hydrogen-bond donors (Lipinski definition) is 0. The summed E-state index contributed by atoms with van der Waals surface area (Å²) in [6.07, 6.45) is 0. The van der Waals surface area contributed by atoms with Gasteiger partial charge in [-0.1, -0.05) is 29.4 Å². The van der Waals surface area contributed by atoms with Gasteiger partial charge in [0.1, 0.15) is 0 Å². The third-order valence-corrected chi connectivity index (χ3v) is 3.25. The Morgan fingerprint density at radius 1 is 1.16 bits per heavy atom. The summed E-state index contributed by atoms with van der Waals surface area (Å²) in [5.41, 5.74) is 12.1. The van der Waals surface area contributed by atoms with Gasteiger partial charge < -0.3 is 0 Å². The molecule has 19 heavy (non-hydrogen) atoms. The number of nitro groups is 1. The number of benzene rings is 2. The Balaban J connectivity index is 2.28. The van der Waals surface area contributed by atoms with Crippen molar-refractivity contribution in [3.05, 3.63) is 74.1 Å². The van der Waals surface area contributed by atoms with E-state index in [1.807, 2.05) is 24.3 Å². The molecule has 0 aliphatic heterocycles. The van der Waals surface area contributed by atoms with Crippen LogP contribution in [0.1, 0.15) is 17.2 Å². The maximum atomic E-state index is 10.8. The average molecular weight is 252 g/mol. The zero-order chi connectivity index (χ0) is 13.4. The van der Waals surface area contributed by atoms with Crippen molar-refractivity contribution in [2.45, 2.75) is 6.04 Å². The van der Waals surface area contributed by atoms with Gasteiger partial charge in [0, 0.05) is 17.0 Å². The molecule has 1 aliphatic carbocycles. The van der Waals surface area contributed by atoms with Gasteiger partial charge in [-0.25, -0.2) is 0 Å². The van der Waals surface area contributed by atoms with Crippen LogP contribution in [0, 0.1) is 10.1 Å². The molecule has 2 aromatic carbocycles. The van der Waals surface area contributed by atoms with Crippen molar-refractivity contribution in [3.8, 4) is 11.1 Å². The highest BCUT2D eigenvalue weighted by molar-refractivity contribution is 5.79. The first-order chi connectivity index (χ1) is 9.22. The highest BCUT2D eigenvalue weighted by atomic mass is 16.6. The van der Waals surface area contributed by atoms with Crippen molar-refractivity contribution >= 4 is 5.69 Å². The lowest BCUT2D eigenvalue weighted by atomic mass is 10.1. The molecule has 3 rings (SSSR count). The number of rotatable bonds is 2. The zero-order valence-electron chi connectivity index (χ0n) is 9.72. The fourth-order valence-electron chi connectivity index (χ4n) is 2.46. The third-order valence-electron chi connectivity index (χ3n) is 3.25. The highest BCUT2D eigenvalue weighted by Gasteiger charge is 2.29. The van der Waals surface area contributed by atoms with Crippen molar-refractivity contribution in [1.29, 1.82) is 0 Å². The Morgan fingerprint density at radius 2 is 1.89 bits per heavy atom. The van der Waals surface area contributed by atoms with Crippen molar-refractivity contribution in [2.24, 2.45) is 5.11 Å². The highest BCUT2D eigenvalue weighted by Crippen LogP contribution is 2.46. The smallest absolute Gasteiger partial charge is 0.258 e. The Hall–Kier alpha value is -2.85. The fourth-order valence-corrected chi connectivity index (χ4v) is 2.46. The number of non-ortho nitro benzene ring substituents is 1. The fraction of sp³-hybridized carbons (Fsp3) is 0.0769. The van der Waals surface area contributed by atoms with Crippen LogP contribution in [0.25, 0.3) is 21.6 Å². The molecular formula is C13H8N4O2. The molecule has 6 heteroatoms. The summed E-state index contributed by atoms with van der Waals surface area (Å²) in [5, 5.41) is 14.6. The van der Waals surface area contributed by atoms with Crippen molar-refractivity contribution in [2.75, 3.05) is 0 Å². The van der Waals surface area contributed by atoms with Crippen LogP contribution in [0.2, 0.25) is 0 Å². The van der Waals surface area contributed by atoms with E-state index in [0.717, 1.165) is 16.7 Å². The topological polar surface area (TPSA) is 91.9 Å². The second-order valence-corrected chi connectivity index (χ2v) is 4.22. The van der Waals surface area contributed by atoms with Crippen LogP contribution in [-0.2, 0) is 0 Å². The molecule has 0 amide bonds. The molecular weight excluding hydrogens is 244 g/mol. The van der Waals surface area contributed by atoms with E-state index in [2.05, 4.69) is 10.0 Å². The Labute approximate surface area is 108 Å². The number of hydrogen-bond acceptors (Lipinski definition) is 3. The molecule has 1 aliphatic rings. The minimum atomic E-state index is -0.490. The predicted molar refractivity (Wildman–Crippen MR) is 69.5 cm³/mol. The second-order valence-electron chi connectivity index (χ2n) is 4.22. The van der Waals surface area contributed by atoms with Crippen molar-refractivity contribution in [1.82, 2.24) is 0 Å². The number of nitrogens with zero attached hydrogens (tertiary/aromatic N) is 4. The summed E-state index contributed by atoms with van der Waals surface area (Å²) in [6.45, 7) is 0. The van der Waals surface area contributed by atoms with Crippen LogP contribution < -0.4 is 0 Å². The summed E-state index contributed by atoms with van der Waals surface area (Å²) in [4.78, 5) is 13.2. The van der Waals surface area contributed by atoms with Crippen molar-refractivity contribution in [3.63, 3.8) is 0 Å². The first-order valence-corrected chi connectivity index (χ1v) is 5.64. The molecule has 6 nitrogen and oxygen atoms in total. The molecule has 1 atom stereocenters. The number of azide groups is 1. The van der Waals surface area contributed by atoms with Gasteiger partial charge in [0.25, 0.3) is 5.69 Å². The summed E-state index contributed by atoms with van der Waals surface area (Å²) in [7, 11) is 0. The third kappa shape index (κ3) is 1.63. The normalized spacial score (nSPS) is 15.3. The van der Waals surface area contributed by atoms with Crippen LogP contribution in [0.15, 0.2) is 47.6 Å². The lowest BCUT2D eigenvalue weighted by molar-refractivity contribution is -0.384. The zero-order valence-corrected chi connectivity index (χ0v) is 9.72. The molecule has 92 valence electrons. The van der Waals surface area contributed by atoms with Crippen LogP contribution in [-0.4, -0.2) is 4.92 Å². The molecule has 0 N–H and O–H groups in total. The summed E-state index contributed by atoms with van der Waals surface area (Å²) >= 11 is 0. The SMILES string of the molecule is [N-]=[N+]=NC1c2ccccc2-c2ccc([N+](=O)[O-])cc21. The Morgan fingerprint density at radius 3 is 2.63 bits per heavy atom. The van der Waals surface area contributed by atoms with Crippen LogP contribution >= 0.6 is 0 Å². The first kappa shape index (κ1) is 11.3. The summed E-state index contributed by atoms with van der Waals surface area (Å²) < 4.78 is 0. The van der Waals surface area contributed by atoms with E-state index in [-0.39, 0.29) is 5.69 Å². The lowest BCUT2D eigenvalue weighted by Crippen LogP contribution is -1.93. The van der Waals surface area contributed by atoms with E-state index in [0.29, 0.717) is 5.56 Å². The molecule has 0 aromatic heterocycles. The van der Waals surface area contributed by atoms with Crippen LogP contribution in [0.3, 0.4) is 0 Å². The maximum absolute atomic E-state index is 10.8. The van der Waals surface area contributed by atoms with E-state index in [1.165, 1.54) is 12.1 Å². The molecule has 0 bridgehead atoms. The molecule has 2 aromatic rings. The van der Waals surface area contributed by atoms with E-state index in [1.54, 1.807) is 6.07 Å². The lowest BCUT2D eigenvalue weighted by Gasteiger charge is -2.05. The minimum Gasteiger partial charge on any atom is -0.258 e. The number of fused-ring (bicyclic) bond motifs is 3. The van der Waals surface area contributed by atoms with E-state index in [4.69, 9.17) is 5.53 Å². The number of nitro benzene ring substituents is 1. The van der Waals surface area contributed by atoms with Gasteiger partial charge in [-0.2, -0.15) is 0 Å². The average Bonchev–Trinajstić information content (AvgIpc) is 2.74. The Bertz CT molecular complexity index is 735. The largest absolute Gasteiger partial charge is 0.269 e. The summed E-state index contributed by atoms with van der Waals surface area (Å²) in [5.74, 6) is 0. The Kier molecular flexibility index (Phi) is 2.44. The molecule has 0 heterocycles. The first-order valence-electron chi connectivity index (χ1n) is 5.64. The van der Waals surface area contributed by atoms with E-state index in [9.17, 15) is 10.1 Å². The van der Waals surface area contributed by atoms with E-state index >= 15 is 0 Å². The monoisotopic (exact) mass is 252 g/mol. The second kappa shape index (κ2) is 4.12. The molecule has 0 saturated carbocycles. The maximum Gasteiger partial charge on any atom is 0.269 e. The predicted octanol–water partition coefficient (Wildman–Crippen LogP) is 3.97. The molecule has 0 radical (unpaired) electrons. The summed E-state index contributed by atoms with van der Waals surface area (Å²) in [6, 6.07) is 11.7. The van der Waals surface area contributed by atoms with E-state index < -0.39 is 11.0 Å². The van der Waals surface area contributed by atoms with Gasteiger partial charge in [0.2, 0.25) is 0 Å². The molecule has 0 spiro atoms. The standard InChI is InChI=1S/C13H8N4O2/c14-16-15-13-11-4-2-1-3-9(11)10-6-5-8(17(18)19)7-12(10)13/h1-7,13H. The van der Waals surface area contributed by atoms with Gasteiger partial charge in [-0.05, 0) is 33.9 Å². The molecule has 1 unspecified atom stereocenters. The minimum absolute atomic E-state index is 0.00435. The van der Waals surface area contributed by atoms with Gasteiger partial charge >= 0.3 is 0 Å². The van der Waals surface area contributed by atoms with Crippen molar-refractivity contribution < 1.29 is 4.92 Å². The van der Waals surface area contributed by atoms with Gasteiger partial charge in [-0.3, -0.25) is 10.1 Å². The quantitative estimate of drug-likeness (QED) is 0.266. The molecule has 0 fully saturated rings. The van der Waals surface area contributed by atoms with Gasteiger partial charge in [-0.15, -0.1) is 0 Å². The van der Waals surface area contributed by atoms with Crippen LogP contribution in [0.5, 0.6) is 0 Å².